The van der Waals surface area contributed by atoms with Crippen molar-refractivity contribution in [2.75, 3.05) is 0 Å². The highest BCUT2D eigenvalue weighted by Crippen LogP contribution is 2.32. The Bertz CT molecular complexity index is 1170. The van der Waals surface area contributed by atoms with E-state index in [4.69, 9.17) is 18.8 Å². The predicted octanol–water partition coefficient (Wildman–Crippen LogP) is 5.46. The summed E-state index contributed by atoms with van der Waals surface area (Å²) in [4.78, 5) is 22.4. The van der Waals surface area contributed by atoms with Crippen molar-refractivity contribution in [1.29, 1.82) is 0 Å². The molecule has 0 saturated heterocycles. The van der Waals surface area contributed by atoms with Gasteiger partial charge in [-0.15, -0.1) is 0 Å². The number of carbonyl (C=O) groups is 1. The van der Waals surface area contributed by atoms with Gasteiger partial charge in [0.15, 0.2) is 11.5 Å². The number of hydrogen-bond donors (Lipinski definition) is 1. The maximum atomic E-state index is 12.9. The Balaban J connectivity index is 1.53. The van der Waals surface area contributed by atoms with Crippen LogP contribution in [0.15, 0.2) is 63.8 Å². The summed E-state index contributed by atoms with van der Waals surface area (Å²) in [6, 6.07) is 13.0. The normalized spacial score (nSPS) is 19.1. The van der Waals surface area contributed by atoms with E-state index in [9.17, 15) is 4.79 Å². The first-order chi connectivity index (χ1) is 14.7. The zero-order valence-electron chi connectivity index (χ0n) is 16.8. The Hall–Kier alpha value is -3.41. The van der Waals surface area contributed by atoms with Crippen molar-refractivity contribution in [2.24, 2.45) is 5.92 Å². The molecular weight excluding hydrogens is 378 g/mol. The molecule has 1 aliphatic carbocycles. The van der Waals surface area contributed by atoms with Crippen molar-refractivity contribution in [2.45, 2.75) is 38.6 Å². The molecule has 1 saturated carbocycles. The average Bonchev–Trinajstić information content (AvgIpc) is 3.48. The van der Waals surface area contributed by atoms with E-state index in [1.54, 1.807) is 24.7 Å². The van der Waals surface area contributed by atoms with E-state index in [1.165, 1.54) is 12.8 Å². The Labute approximate surface area is 174 Å². The molecule has 0 spiro atoms. The molecule has 3 heterocycles. The monoisotopic (exact) mass is 401 g/mol. The molecule has 1 N–H and O–H groups in total. The number of aromatic nitrogens is 2. The molecule has 4 aromatic rings. The van der Waals surface area contributed by atoms with Gasteiger partial charge >= 0.3 is 0 Å². The van der Waals surface area contributed by atoms with Gasteiger partial charge in [0.2, 0.25) is 0 Å². The number of nitrogens with one attached hydrogen (secondary N) is 1. The van der Waals surface area contributed by atoms with Crippen LogP contribution in [0.5, 0.6) is 0 Å². The molecule has 5 rings (SSSR count). The van der Waals surface area contributed by atoms with Crippen molar-refractivity contribution in [3.05, 3.63) is 60.6 Å². The minimum absolute atomic E-state index is 0.0629. The number of amides is 1. The number of fused-ring (bicyclic) bond motifs is 1. The number of carbonyl (C=O) groups excluding carboxylic acids is 1. The summed E-state index contributed by atoms with van der Waals surface area (Å²) in [5, 5.41) is 3.20. The van der Waals surface area contributed by atoms with Gasteiger partial charge in [0.1, 0.15) is 11.4 Å². The summed E-state index contributed by atoms with van der Waals surface area (Å²) in [5.74, 6) is 1.65. The van der Waals surface area contributed by atoms with Crippen LogP contribution in [0.25, 0.3) is 33.9 Å². The van der Waals surface area contributed by atoms with Crippen LogP contribution >= 0.6 is 0 Å². The molecule has 0 radical (unpaired) electrons. The molecule has 2 atom stereocenters. The van der Waals surface area contributed by atoms with Crippen LogP contribution < -0.4 is 5.32 Å². The van der Waals surface area contributed by atoms with Crippen molar-refractivity contribution < 1.29 is 13.6 Å². The average molecular weight is 401 g/mol. The number of furan rings is 2. The number of nitrogens with zero attached hydrogens (tertiary/aromatic N) is 2. The fourth-order valence-electron chi connectivity index (χ4n) is 4.15. The van der Waals surface area contributed by atoms with Crippen LogP contribution in [0.4, 0.5) is 0 Å². The summed E-state index contributed by atoms with van der Waals surface area (Å²) in [6.45, 7) is 2.21. The van der Waals surface area contributed by atoms with Gasteiger partial charge in [-0.25, -0.2) is 9.97 Å². The van der Waals surface area contributed by atoms with E-state index in [-0.39, 0.29) is 11.9 Å². The molecule has 1 amide bonds. The lowest BCUT2D eigenvalue weighted by molar-refractivity contribution is 0.0910. The molecule has 6 nitrogen and oxygen atoms in total. The summed E-state index contributed by atoms with van der Waals surface area (Å²) in [5.41, 5.74) is 3.11. The highest BCUT2D eigenvalue weighted by atomic mass is 16.3. The Kier molecular flexibility index (Phi) is 4.83. The molecular formula is C24H23N3O3. The lowest BCUT2D eigenvalue weighted by Crippen LogP contribution is -2.41. The third-order valence-electron chi connectivity index (χ3n) is 5.86. The maximum absolute atomic E-state index is 12.9. The predicted molar refractivity (Wildman–Crippen MR) is 114 cm³/mol. The molecule has 6 heteroatoms. The highest BCUT2D eigenvalue weighted by molar-refractivity contribution is 5.98. The van der Waals surface area contributed by atoms with Crippen LogP contribution in [0, 0.1) is 5.92 Å². The molecule has 0 bridgehead atoms. The number of benzene rings is 1. The second kappa shape index (κ2) is 7.78. The smallest absolute Gasteiger partial charge is 0.251 e. The number of hydrogen-bond acceptors (Lipinski definition) is 5. The van der Waals surface area contributed by atoms with Crippen LogP contribution in [-0.2, 0) is 0 Å². The van der Waals surface area contributed by atoms with Gasteiger partial charge in [-0.2, -0.15) is 0 Å². The quantitative estimate of drug-likeness (QED) is 0.491. The van der Waals surface area contributed by atoms with Crippen molar-refractivity contribution in [3.63, 3.8) is 0 Å². The standard InChI is InChI=1S/C24H23N3O3/c1-15-6-2-3-7-17(15)27-24(28)16-10-11-18-19(14-16)26-23(21-9-5-13-30-21)22(25-18)20-8-4-12-29-20/h4-5,8-15,17H,2-3,6-7H2,1H3,(H,27,28)/t15-,17-/m0/s1. The molecule has 152 valence electrons. The van der Waals surface area contributed by atoms with Crippen LogP contribution in [0.2, 0.25) is 0 Å². The first kappa shape index (κ1) is 18.6. The number of rotatable bonds is 4. The molecule has 1 fully saturated rings. The fraction of sp³-hybridized carbons (Fsp3) is 0.292. The zero-order valence-corrected chi connectivity index (χ0v) is 16.8. The first-order valence-electron chi connectivity index (χ1n) is 10.4. The van der Waals surface area contributed by atoms with Gasteiger partial charge in [-0.05, 0) is 61.2 Å². The molecule has 0 unspecified atom stereocenters. The Morgan fingerprint density at radius 1 is 0.933 bits per heavy atom. The minimum Gasteiger partial charge on any atom is -0.463 e. The van der Waals surface area contributed by atoms with Crippen LogP contribution in [0.3, 0.4) is 0 Å². The van der Waals surface area contributed by atoms with Crippen molar-refractivity contribution in [1.82, 2.24) is 15.3 Å². The summed E-state index contributed by atoms with van der Waals surface area (Å²) >= 11 is 0. The van der Waals surface area contributed by atoms with Crippen molar-refractivity contribution >= 4 is 16.9 Å². The SMILES string of the molecule is C[C@H]1CCCC[C@@H]1NC(=O)c1ccc2nc(-c3ccco3)c(-c3ccco3)nc2c1. The molecule has 1 aromatic carbocycles. The molecule has 30 heavy (non-hydrogen) atoms. The van der Waals surface area contributed by atoms with E-state index in [0.29, 0.717) is 45.4 Å². The summed E-state index contributed by atoms with van der Waals surface area (Å²) < 4.78 is 11.1. The largest absolute Gasteiger partial charge is 0.463 e. The van der Waals surface area contributed by atoms with Crippen molar-refractivity contribution in [3.8, 4) is 22.9 Å². The van der Waals surface area contributed by atoms with Gasteiger partial charge in [0.25, 0.3) is 5.91 Å². The van der Waals surface area contributed by atoms with E-state index in [2.05, 4.69) is 12.2 Å². The van der Waals surface area contributed by atoms with Gasteiger partial charge in [0, 0.05) is 11.6 Å². The van der Waals surface area contributed by atoms with Gasteiger partial charge in [-0.1, -0.05) is 19.8 Å². The minimum atomic E-state index is -0.0629. The van der Waals surface area contributed by atoms with E-state index in [0.717, 1.165) is 12.8 Å². The summed E-state index contributed by atoms with van der Waals surface area (Å²) in [7, 11) is 0. The molecule has 3 aromatic heterocycles. The fourth-order valence-corrected chi connectivity index (χ4v) is 4.15. The second-order valence-corrected chi connectivity index (χ2v) is 7.92. The summed E-state index contributed by atoms with van der Waals surface area (Å²) in [6.07, 6.45) is 7.81. The van der Waals surface area contributed by atoms with E-state index < -0.39 is 0 Å². The highest BCUT2D eigenvalue weighted by Gasteiger charge is 2.24. The lowest BCUT2D eigenvalue weighted by Gasteiger charge is -2.29. The van der Waals surface area contributed by atoms with E-state index >= 15 is 0 Å². The Morgan fingerprint density at radius 2 is 1.60 bits per heavy atom. The topological polar surface area (TPSA) is 81.2 Å². The third kappa shape index (κ3) is 3.49. The van der Waals surface area contributed by atoms with E-state index in [1.807, 2.05) is 30.3 Å². The zero-order chi connectivity index (χ0) is 20.5. The molecule has 0 aliphatic heterocycles. The Morgan fingerprint density at radius 3 is 2.23 bits per heavy atom. The second-order valence-electron chi connectivity index (χ2n) is 7.92. The maximum Gasteiger partial charge on any atom is 0.251 e. The van der Waals surface area contributed by atoms with Crippen LogP contribution in [-0.4, -0.2) is 21.9 Å². The third-order valence-corrected chi connectivity index (χ3v) is 5.86. The lowest BCUT2D eigenvalue weighted by atomic mass is 9.86. The van der Waals surface area contributed by atoms with Gasteiger partial charge < -0.3 is 14.2 Å². The van der Waals surface area contributed by atoms with Gasteiger partial charge in [-0.3, -0.25) is 4.79 Å². The molecule has 1 aliphatic rings. The first-order valence-corrected chi connectivity index (χ1v) is 10.4. The van der Waals surface area contributed by atoms with Gasteiger partial charge in [0.05, 0.1) is 23.6 Å². The van der Waals surface area contributed by atoms with Crippen LogP contribution in [0.1, 0.15) is 43.0 Å².